The molecular weight excluding hydrogens is 152 g/mol. The summed E-state index contributed by atoms with van der Waals surface area (Å²) in [7, 11) is 0. The summed E-state index contributed by atoms with van der Waals surface area (Å²) in [5.74, 6) is 0.801. The lowest BCUT2D eigenvalue weighted by molar-refractivity contribution is -0.0151. The Balaban J connectivity index is 2.55. The minimum atomic E-state index is -0.837. The van der Waals surface area contributed by atoms with Gasteiger partial charge >= 0.3 is 0 Å². The summed E-state index contributed by atoms with van der Waals surface area (Å²) in [6, 6.07) is 7.60. The van der Waals surface area contributed by atoms with Gasteiger partial charge in [-0.25, -0.2) is 0 Å². The predicted molar refractivity (Wildman–Crippen MR) is 46.1 cm³/mol. The average Bonchev–Trinajstić information content (AvgIpc) is 2.25. The van der Waals surface area contributed by atoms with Gasteiger partial charge in [0.05, 0.1) is 0 Å². The van der Waals surface area contributed by atoms with Crippen molar-refractivity contribution in [3.8, 4) is 5.75 Å². The highest BCUT2D eigenvalue weighted by Crippen LogP contribution is 2.40. The van der Waals surface area contributed by atoms with Gasteiger partial charge in [0.15, 0.2) is 0 Å². The second kappa shape index (κ2) is 2.23. The average molecular weight is 164 g/mol. The SMILES string of the molecule is C[C@@H]1Oc2ccccc2[C@@]1(C)O. The Morgan fingerprint density at radius 3 is 2.75 bits per heavy atom. The lowest BCUT2D eigenvalue weighted by Gasteiger charge is -2.20. The Hall–Kier alpha value is -1.02. The summed E-state index contributed by atoms with van der Waals surface area (Å²) < 4.78 is 5.47. The van der Waals surface area contributed by atoms with E-state index in [2.05, 4.69) is 0 Å². The van der Waals surface area contributed by atoms with Gasteiger partial charge in [0, 0.05) is 5.56 Å². The summed E-state index contributed by atoms with van der Waals surface area (Å²) in [5, 5.41) is 9.99. The molecule has 1 N–H and O–H groups in total. The van der Waals surface area contributed by atoms with E-state index in [1.54, 1.807) is 6.92 Å². The Morgan fingerprint density at radius 2 is 2.08 bits per heavy atom. The monoisotopic (exact) mass is 164 g/mol. The van der Waals surface area contributed by atoms with Crippen LogP contribution in [-0.4, -0.2) is 11.2 Å². The molecule has 0 saturated carbocycles. The summed E-state index contributed by atoms with van der Waals surface area (Å²) in [6.45, 7) is 3.66. The summed E-state index contributed by atoms with van der Waals surface area (Å²) in [5.41, 5.74) is 0.0499. The number of hydrogen-bond donors (Lipinski definition) is 1. The molecule has 1 aliphatic rings. The molecule has 0 radical (unpaired) electrons. The minimum Gasteiger partial charge on any atom is -0.487 e. The van der Waals surface area contributed by atoms with Crippen molar-refractivity contribution in [3.05, 3.63) is 29.8 Å². The third kappa shape index (κ3) is 0.847. The van der Waals surface area contributed by atoms with Crippen molar-refractivity contribution in [1.82, 2.24) is 0 Å². The van der Waals surface area contributed by atoms with Crippen LogP contribution in [0.3, 0.4) is 0 Å². The highest BCUT2D eigenvalue weighted by molar-refractivity contribution is 5.42. The lowest BCUT2D eigenvalue weighted by Crippen LogP contribution is -2.31. The van der Waals surface area contributed by atoms with E-state index in [0.29, 0.717) is 0 Å². The first-order valence-corrected chi connectivity index (χ1v) is 4.11. The van der Waals surface area contributed by atoms with Gasteiger partial charge in [0.2, 0.25) is 0 Å². The number of fused-ring (bicyclic) bond motifs is 1. The molecule has 1 aromatic rings. The molecule has 0 amide bonds. The van der Waals surface area contributed by atoms with Crippen molar-refractivity contribution in [2.45, 2.75) is 25.6 Å². The van der Waals surface area contributed by atoms with Crippen LogP contribution in [-0.2, 0) is 5.60 Å². The van der Waals surface area contributed by atoms with Crippen molar-refractivity contribution < 1.29 is 9.84 Å². The lowest BCUT2D eigenvalue weighted by atomic mass is 9.93. The molecule has 2 rings (SSSR count). The Morgan fingerprint density at radius 1 is 1.42 bits per heavy atom. The Kier molecular flexibility index (Phi) is 1.42. The maximum absolute atomic E-state index is 9.99. The molecule has 2 heteroatoms. The van der Waals surface area contributed by atoms with E-state index >= 15 is 0 Å². The first-order valence-electron chi connectivity index (χ1n) is 4.11. The van der Waals surface area contributed by atoms with Crippen molar-refractivity contribution in [2.75, 3.05) is 0 Å². The van der Waals surface area contributed by atoms with Crippen LogP contribution in [0.25, 0.3) is 0 Å². The minimum absolute atomic E-state index is 0.158. The van der Waals surface area contributed by atoms with Gasteiger partial charge in [-0.3, -0.25) is 0 Å². The van der Waals surface area contributed by atoms with Crippen LogP contribution in [0.5, 0.6) is 5.75 Å². The Labute approximate surface area is 71.8 Å². The molecule has 2 atom stereocenters. The number of aliphatic hydroxyl groups is 1. The van der Waals surface area contributed by atoms with Crippen LogP contribution < -0.4 is 4.74 Å². The molecule has 0 aliphatic carbocycles. The first-order chi connectivity index (χ1) is 5.62. The van der Waals surface area contributed by atoms with Gasteiger partial charge in [-0.15, -0.1) is 0 Å². The van der Waals surface area contributed by atoms with Crippen LogP contribution in [0.15, 0.2) is 24.3 Å². The third-order valence-electron chi connectivity index (χ3n) is 2.53. The fraction of sp³-hybridized carbons (Fsp3) is 0.400. The molecule has 0 bridgehead atoms. The summed E-state index contributed by atoms with van der Waals surface area (Å²) >= 11 is 0. The van der Waals surface area contributed by atoms with E-state index in [9.17, 15) is 5.11 Å². The van der Waals surface area contributed by atoms with Gasteiger partial charge in [-0.1, -0.05) is 18.2 Å². The van der Waals surface area contributed by atoms with E-state index in [0.717, 1.165) is 11.3 Å². The molecule has 1 aromatic carbocycles. The number of rotatable bonds is 0. The fourth-order valence-corrected chi connectivity index (χ4v) is 1.51. The zero-order valence-corrected chi connectivity index (χ0v) is 7.24. The van der Waals surface area contributed by atoms with Crippen LogP contribution in [0.4, 0.5) is 0 Å². The molecule has 0 fully saturated rings. The summed E-state index contributed by atoms with van der Waals surface area (Å²) in [4.78, 5) is 0. The number of para-hydroxylation sites is 1. The second-order valence-corrected chi connectivity index (χ2v) is 3.40. The fourth-order valence-electron chi connectivity index (χ4n) is 1.51. The molecule has 0 aromatic heterocycles. The first kappa shape index (κ1) is 7.62. The van der Waals surface area contributed by atoms with E-state index in [1.165, 1.54) is 0 Å². The van der Waals surface area contributed by atoms with Crippen molar-refractivity contribution in [1.29, 1.82) is 0 Å². The standard InChI is InChI=1S/C10H12O2/c1-7-10(2,11)8-5-3-4-6-9(8)12-7/h3-7,11H,1-2H3/t7-,10-/m0/s1. The number of hydrogen-bond acceptors (Lipinski definition) is 2. The molecule has 0 unspecified atom stereocenters. The molecule has 1 aliphatic heterocycles. The van der Waals surface area contributed by atoms with Crippen molar-refractivity contribution >= 4 is 0 Å². The molecule has 0 saturated heterocycles. The van der Waals surface area contributed by atoms with Crippen molar-refractivity contribution in [3.63, 3.8) is 0 Å². The van der Waals surface area contributed by atoms with Crippen LogP contribution in [0.2, 0.25) is 0 Å². The molecular formula is C10H12O2. The molecule has 2 nitrogen and oxygen atoms in total. The van der Waals surface area contributed by atoms with E-state index in [1.807, 2.05) is 31.2 Å². The van der Waals surface area contributed by atoms with Gasteiger partial charge in [0.25, 0.3) is 0 Å². The molecule has 64 valence electrons. The highest BCUT2D eigenvalue weighted by Gasteiger charge is 2.40. The van der Waals surface area contributed by atoms with E-state index in [4.69, 9.17) is 4.74 Å². The van der Waals surface area contributed by atoms with Crippen LogP contribution in [0.1, 0.15) is 19.4 Å². The topological polar surface area (TPSA) is 29.5 Å². The third-order valence-corrected chi connectivity index (χ3v) is 2.53. The summed E-state index contributed by atoms with van der Waals surface area (Å²) in [6.07, 6.45) is -0.158. The largest absolute Gasteiger partial charge is 0.487 e. The quantitative estimate of drug-likeness (QED) is 0.632. The van der Waals surface area contributed by atoms with Gasteiger partial charge < -0.3 is 9.84 Å². The predicted octanol–water partition coefficient (Wildman–Crippen LogP) is 1.68. The Bertz CT molecular complexity index is 304. The van der Waals surface area contributed by atoms with Gasteiger partial charge in [-0.2, -0.15) is 0 Å². The smallest absolute Gasteiger partial charge is 0.129 e. The molecule has 12 heavy (non-hydrogen) atoms. The van der Waals surface area contributed by atoms with Crippen LogP contribution in [0, 0.1) is 0 Å². The van der Waals surface area contributed by atoms with Crippen molar-refractivity contribution in [2.24, 2.45) is 0 Å². The maximum Gasteiger partial charge on any atom is 0.129 e. The molecule has 0 spiro atoms. The van der Waals surface area contributed by atoms with Crippen LogP contribution >= 0.6 is 0 Å². The second-order valence-electron chi connectivity index (χ2n) is 3.40. The maximum atomic E-state index is 9.99. The highest BCUT2D eigenvalue weighted by atomic mass is 16.5. The molecule has 1 heterocycles. The van der Waals surface area contributed by atoms with E-state index < -0.39 is 5.60 Å². The zero-order chi connectivity index (χ0) is 8.77. The van der Waals surface area contributed by atoms with Gasteiger partial charge in [0.1, 0.15) is 17.5 Å². The number of benzene rings is 1. The van der Waals surface area contributed by atoms with Gasteiger partial charge in [-0.05, 0) is 19.9 Å². The number of ether oxygens (including phenoxy) is 1. The zero-order valence-electron chi connectivity index (χ0n) is 7.24. The normalized spacial score (nSPS) is 32.8. The van der Waals surface area contributed by atoms with E-state index in [-0.39, 0.29) is 6.10 Å².